The molecule has 0 saturated carbocycles. The zero-order chi connectivity index (χ0) is 47.4. The highest BCUT2D eigenvalue weighted by molar-refractivity contribution is 5.71. The lowest BCUT2D eigenvalue weighted by molar-refractivity contribution is -0.167. The molecule has 0 aromatic rings. The molecule has 0 rings (SSSR count). The summed E-state index contributed by atoms with van der Waals surface area (Å²) in [6.45, 7) is 9.07. The topological polar surface area (TPSA) is 78.9 Å². The molecule has 0 saturated heterocycles. The number of carbonyl (C=O) groups is 3. The van der Waals surface area contributed by atoms with Gasteiger partial charge >= 0.3 is 17.9 Å². The summed E-state index contributed by atoms with van der Waals surface area (Å²) in [7, 11) is 0. The van der Waals surface area contributed by atoms with E-state index in [1.54, 1.807) is 0 Å². The van der Waals surface area contributed by atoms with Gasteiger partial charge in [0.15, 0.2) is 6.10 Å². The van der Waals surface area contributed by atoms with Crippen molar-refractivity contribution in [2.24, 2.45) is 5.92 Å². The van der Waals surface area contributed by atoms with Crippen molar-refractivity contribution < 1.29 is 28.6 Å². The fourth-order valence-electron chi connectivity index (χ4n) is 9.10. The Kier molecular flexibility index (Phi) is 52.1. The maximum Gasteiger partial charge on any atom is 0.306 e. The van der Waals surface area contributed by atoms with Gasteiger partial charge < -0.3 is 14.2 Å². The molecule has 0 radical (unpaired) electrons. The van der Waals surface area contributed by atoms with Crippen molar-refractivity contribution in [1.29, 1.82) is 0 Å². The Bertz CT molecular complexity index is 980. The molecule has 0 fully saturated rings. The second kappa shape index (κ2) is 53.4. The first-order valence-corrected chi connectivity index (χ1v) is 29.4. The van der Waals surface area contributed by atoms with Gasteiger partial charge in [0.2, 0.25) is 0 Å². The lowest BCUT2D eigenvalue weighted by Gasteiger charge is -2.18. The van der Waals surface area contributed by atoms with Crippen molar-refractivity contribution in [3.63, 3.8) is 0 Å². The van der Waals surface area contributed by atoms with Crippen molar-refractivity contribution in [1.82, 2.24) is 0 Å². The van der Waals surface area contributed by atoms with Gasteiger partial charge in [0.05, 0.1) is 0 Å². The van der Waals surface area contributed by atoms with Crippen LogP contribution in [0.1, 0.15) is 336 Å². The summed E-state index contributed by atoms with van der Waals surface area (Å²) in [6.07, 6.45) is 58.1. The first-order valence-electron chi connectivity index (χ1n) is 29.4. The first-order chi connectivity index (χ1) is 31.9. The summed E-state index contributed by atoms with van der Waals surface area (Å²) in [6, 6.07) is 0. The third-order valence-corrected chi connectivity index (χ3v) is 13.5. The fraction of sp³-hybridized carbons (Fsp3) is 0.949. The summed E-state index contributed by atoms with van der Waals surface area (Å²) in [5.41, 5.74) is 0. The number of rotatable bonds is 54. The Balaban J connectivity index is 4.20. The molecule has 0 aliphatic heterocycles. The lowest BCUT2D eigenvalue weighted by atomic mass is 10.0. The van der Waals surface area contributed by atoms with Crippen molar-refractivity contribution in [2.75, 3.05) is 13.2 Å². The summed E-state index contributed by atoms with van der Waals surface area (Å²) >= 11 is 0. The minimum Gasteiger partial charge on any atom is -0.462 e. The number of ether oxygens (including phenoxy) is 3. The maximum absolute atomic E-state index is 12.8. The van der Waals surface area contributed by atoms with Crippen LogP contribution in [0, 0.1) is 5.92 Å². The van der Waals surface area contributed by atoms with Crippen molar-refractivity contribution in [3.8, 4) is 0 Å². The van der Waals surface area contributed by atoms with Crippen LogP contribution in [0.5, 0.6) is 0 Å². The minimum absolute atomic E-state index is 0.0618. The fourth-order valence-corrected chi connectivity index (χ4v) is 9.10. The number of unbranched alkanes of at least 4 members (excludes halogenated alkanes) is 41. The molecule has 0 spiro atoms. The van der Waals surface area contributed by atoms with Crippen LogP contribution in [0.3, 0.4) is 0 Å². The second-order valence-electron chi connectivity index (χ2n) is 20.8. The SMILES string of the molecule is CCCCCCCCCCCCCCCCCC(=O)OC[C@H](COC(=O)CCCCCCCCCCCCCCCCCCCCC(C)C)OC(=O)CCCCCCCCCCCCC. The van der Waals surface area contributed by atoms with Crippen molar-refractivity contribution >= 4 is 17.9 Å². The smallest absolute Gasteiger partial charge is 0.306 e. The molecule has 0 amide bonds. The van der Waals surface area contributed by atoms with Crippen LogP contribution >= 0.6 is 0 Å². The van der Waals surface area contributed by atoms with E-state index in [0.29, 0.717) is 19.3 Å². The molecule has 0 bridgehead atoms. The summed E-state index contributed by atoms with van der Waals surface area (Å²) in [5, 5.41) is 0. The van der Waals surface area contributed by atoms with E-state index in [-0.39, 0.29) is 31.1 Å². The minimum atomic E-state index is -0.761. The van der Waals surface area contributed by atoms with Crippen molar-refractivity contribution in [3.05, 3.63) is 0 Å². The number of hydrogen-bond acceptors (Lipinski definition) is 6. The van der Waals surface area contributed by atoms with Crippen LogP contribution in [0.4, 0.5) is 0 Å². The second-order valence-corrected chi connectivity index (χ2v) is 20.8. The molecule has 0 heterocycles. The van der Waals surface area contributed by atoms with Crippen LogP contribution in [-0.4, -0.2) is 37.2 Å². The molecule has 6 heteroatoms. The molecule has 0 aliphatic carbocycles. The van der Waals surface area contributed by atoms with E-state index in [4.69, 9.17) is 14.2 Å². The van der Waals surface area contributed by atoms with E-state index in [0.717, 1.165) is 63.7 Å². The van der Waals surface area contributed by atoms with Crippen LogP contribution in [-0.2, 0) is 28.6 Å². The van der Waals surface area contributed by atoms with Gasteiger partial charge in [-0.2, -0.15) is 0 Å². The molecular weight excluding hydrogens is 805 g/mol. The summed E-state index contributed by atoms with van der Waals surface area (Å²) in [4.78, 5) is 38.1. The largest absolute Gasteiger partial charge is 0.462 e. The van der Waals surface area contributed by atoms with Gasteiger partial charge in [-0.1, -0.05) is 297 Å². The Morgan fingerprint density at radius 2 is 0.508 bits per heavy atom. The molecule has 0 aromatic heterocycles. The van der Waals surface area contributed by atoms with Gasteiger partial charge in [0.1, 0.15) is 13.2 Å². The summed E-state index contributed by atoms with van der Waals surface area (Å²) < 4.78 is 16.9. The predicted octanol–water partition coefficient (Wildman–Crippen LogP) is 19.4. The Labute approximate surface area is 406 Å². The van der Waals surface area contributed by atoms with Crippen LogP contribution < -0.4 is 0 Å². The van der Waals surface area contributed by atoms with Crippen LogP contribution in [0.2, 0.25) is 0 Å². The standard InChI is InChI=1S/C59H114O6/c1-5-7-9-11-13-15-17-18-23-27-31-34-38-42-46-50-57(60)63-53-56(65-59(62)52-48-44-40-36-29-16-14-12-10-8-6-2)54-64-58(61)51-47-43-39-35-32-28-25-22-20-19-21-24-26-30-33-37-41-45-49-55(3)4/h55-56H,5-54H2,1-4H3/t56-/m1/s1. The molecule has 0 aromatic carbocycles. The van der Waals surface area contributed by atoms with Crippen molar-refractivity contribution in [2.45, 2.75) is 342 Å². The quantitative estimate of drug-likeness (QED) is 0.0344. The van der Waals surface area contributed by atoms with E-state index in [9.17, 15) is 14.4 Å². The Morgan fingerprint density at radius 3 is 0.754 bits per heavy atom. The van der Waals surface area contributed by atoms with Gasteiger partial charge in [-0.15, -0.1) is 0 Å². The van der Waals surface area contributed by atoms with Crippen LogP contribution in [0.25, 0.3) is 0 Å². The highest BCUT2D eigenvalue weighted by Gasteiger charge is 2.19. The normalized spacial score (nSPS) is 12.0. The van der Waals surface area contributed by atoms with Gasteiger partial charge in [0, 0.05) is 19.3 Å². The molecule has 6 nitrogen and oxygen atoms in total. The molecular formula is C59H114O6. The zero-order valence-electron chi connectivity index (χ0n) is 44.5. The van der Waals surface area contributed by atoms with E-state index < -0.39 is 6.10 Å². The lowest BCUT2D eigenvalue weighted by Crippen LogP contribution is -2.30. The van der Waals surface area contributed by atoms with Gasteiger partial charge in [-0.3, -0.25) is 14.4 Å². The molecule has 0 unspecified atom stereocenters. The van der Waals surface area contributed by atoms with E-state index in [1.165, 1.54) is 231 Å². The molecule has 386 valence electrons. The zero-order valence-corrected chi connectivity index (χ0v) is 44.5. The Morgan fingerprint density at radius 1 is 0.292 bits per heavy atom. The Hall–Kier alpha value is -1.59. The third-order valence-electron chi connectivity index (χ3n) is 13.5. The molecule has 0 N–H and O–H groups in total. The third kappa shape index (κ3) is 53.2. The number of esters is 3. The highest BCUT2D eigenvalue weighted by Crippen LogP contribution is 2.18. The van der Waals surface area contributed by atoms with E-state index in [2.05, 4.69) is 27.7 Å². The highest BCUT2D eigenvalue weighted by atomic mass is 16.6. The number of hydrogen-bond donors (Lipinski definition) is 0. The molecule has 0 aliphatic rings. The molecule has 65 heavy (non-hydrogen) atoms. The average molecular weight is 920 g/mol. The monoisotopic (exact) mass is 919 g/mol. The van der Waals surface area contributed by atoms with E-state index in [1.807, 2.05) is 0 Å². The summed E-state index contributed by atoms with van der Waals surface area (Å²) in [5.74, 6) is 0.0238. The van der Waals surface area contributed by atoms with Crippen LogP contribution in [0.15, 0.2) is 0 Å². The number of carbonyl (C=O) groups excluding carboxylic acids is 3. The first kappa shape index (κ1) is 63.4. The van der Waals surface area contributed by atoms with E-state index >= 15 is 0 Å². The van der Waals surface area contributed by atoms with Gasteiger partial charge in [-0.25, -0.2) is 0 Å². The van der Waals surface area contributed by atoms with Gasteiger partial charge in [-0.05, 0) is 25.2 Å². The van der Waals surface area contributed by atoms with Gasteiger partial charge in [0.25, 0.3) is 0 Å². The maximum atomic E-state index is 12.8. The average Bonchev–Trinajstić information content (AvgIpc) is 3.29. The predicted molar refractivity (Wildman–Crippen MR) is 280 cm³/mol. The molecule has 1 atom stereocenters.